The average Bonchev–Trinajstić information content (AvgIpc) is 3.27. The number of hydrogen-bond acceptors (Lipinski definition) is 8. The predicted octanol–water partition coefficient (Wildman–Crippen LogP) is 3.61. The number of hydrogen-bond donors (Lipinski definition) is 1. The summed E-state index contributed by atoms with van der Waals surface area (Å²) in [6.07, 6.45) is 5.58. The van der Waals surface area contributed by atoms with E-state index in [1.54, 1.807) is 24.3 Å². The number of ether oxygens (including phenoxy) is 2. The minimum atomic E-state index is -0.594. The van der Waals surface area contributed by atoms with E-state index >= 15 is 0 Å². The van der Waals surface area contributed by atoms with E-state index in [-0.39, 0.29) is 29.6 Å². The highest BCUT2D eigenvalue weighted by molar-refractivity contribution is 7.16. The van der Waals surface area contributed by atoms with E-state index in [0.717, 1.165) is 37.1 Å². The molecule has 0 radical (unpaired) electrons. The van der Waals surface area contributed by atoms with Gasteiger partial charge in [-0.05, 0) is 31.9 Å². The highest BCUT2D eigenvalue weighted by Crippen LogP contribution is 2.26. The lowest BCUT2D eigenvalue weighted by atomic mass is 9.88. The number of esters is 1. The van der Waals surface area contributed by atoms with Gasteiger partial charge in [0.25, 0.3) is 5.56 Å². The van der Waals surface area contributed by atoms with Gasteiger partial charge in [-0.1, -0.05) is 42.7 Å². The van der Waals surface area contributed by atoms with Crippen molar-refractivity contribution >= 4 is 33.9 Å². The Bertz CT molecular complexity index is 1220. The van der Waals surface area contributed by atoms with Crippen LogP contribution in [0.1, 0.15) is 60.1 Å². The maximum Gasteiger partial charge on any atom is 0.340 e. The molecule has 34 heavy (non-hydrogen) atoms. The number of para-hydroxylation sites is 1. The maximum atomic E-state index is 12.8. The lowest BCUT2D eigenvalue weighted by molar-refractivity contribution is -0.120. The Morgan fingerprint density at radius 3 is 2.79 bits per heavy atom. The zero-order valence-electron chi connectivity index (χ0n) is 19.1. The van der Waals surface area contributed by atoms with Gasteiger partial charge in [-0.3, -0.25) is 9.59 Å². The summed E-state index contributed by atoms with van der Waals surface area (Å²) >= 11 is 1.30. The first kappa shape index (κ1) is 24.0. The number of nitrogens with one attached hydrogen (secondary N) is 1. The summed E-state index contributed by atoms with van der Waals surface area (Å²) in [5, 5.41) is 7.91. The van der Waals surface area contributed by atoms with Crippen LogP contribution in [-0.4, -0.2) is 39.7 Å². The molecule has 2 heterocycles. The van der Waals surface area contributed by atoms with Gasteiger partial charge in [-0.25, -0.2) is 9.78 Å². The molecule has 2 aromatic heterocycles. The third-order valence-corrected chi connectivity index (χ3v) is 6.70. The van der Waals surface area contributed by atoms with E-state index in [0.29, 0.717) is 36.0 Å². The quantitative estimate of drug-likeness (QED) is 0.365. The molecule has 3 aromatic rings. The monoisotopic (exact) mass is 484 g/mol. The summed E-state index contributed by atoms with van der Waals surface area (Å²) in [7, 11) is 0. The van der Waals surface area contributed by atoms with E-state index in [2.05, 4.69) is 15.4 Å². The van der Waals surface area contributed by atoms with Gasteiger partial charge in [-0.15, -0.1) is 0 Å². The lowest BCUT2D eigenvalue weighted by Gasteiger charge is -2.21. The van der Waals surface area contributed by atoms with Crippen molar-refractivity contribution in [1.82, 2.24) is 14.6 Å². The average molecular weight is 485 g/mol. The van der Waals surface area contributed by atoms with E-state index in [1.165, 1.54) is 21.9 Å². The van der Waals surface area contributed by atoms with Crippen LogP contribution in [0.15, 0.2) is 35.1 Å². The second kappa shape index (κ2) is 11.3. The second-order valence-corrected chi connectivity index (χ2v) is 9.21. The van der Waals surface area contributed by atoms with Crippen LogP contribution in [0.5, 0.6) is 0 Å². The van der Waals surface area contributed by atoms with Gasteiger partial charge in [0.05, 0.1) is 23.6 Å². The van der Waals surface area contributed by atoms with Crippen molar-refractivity contribution < 1.29 is 19.1 Å². The fourth-order valence-corrected chi connectivity index (χ4v) is 4.86. The number of anilines is 1. The lowest BCUT2D eigenvalue weighted by Crippen LogP contribution is -2.25. The Balaban J connectivity index is 1.42. The zero-order chi connectivity index (χ0) is 23.9. The zero-order valence-corrected chi connectivity index (χ0v) is 19.9. The molecule has 1 aromatic carbocycles. The minimum Gasteiger partial charge on any atom is -0.456 e. The first-order valence-corrected chi connectivity index (χ1v) is 12.4. The summed E-state index contributed by atoms with van der Waals surface area (Å²) in [5.74, 6) is -0.687. The summed E-state index contributed by atoms with van der Waals surface area (Å²) < 4.78 is 12.0. The smallest absolute Gasteiger partial charge is 0.340 e. The molecule has 1 aliphatic rings. The fourth-order valence-electron chi connectivity index (χ4n) is 3.96. The van der Waals surface area contributed by atoms with Crippen LogP contribution in [0.3, 0.4) is 0 Å². The number of nitrogens with zero attached hydrogens (tertiary/aromatic N) is 3. The normalized spacial score (nSPS) is 14.3. The molecule has 180 valence electrons. The highest BCUT2D eigenvalue weighted by Gasteiger charge is 2.23. The van der Waals surface area contributed by atoms with Crippen LogP contribution in [0.2, 0.25) is 0 Å². The van der Waals surface area contributed by atoms with E-state index in [4.69, 9.17) is 9.47 Å². The second-order valence-electron chi connectivity index (χ2n) is 8.17. The van der Waals surface area contributed by atoms with E-state index < -0.39 is 5.97 Å². The molecule has 1 amide bonds. The molecule has 4 rings (SSSR count). The molecule has 1 aliphatic carbocycles. The Labute approximate surface area is 201 Å². The molecule has 0 saturated heterocycles. The van der Waals surface area contributed by atoms with Crippen LogP contribution in [-0.2, 0) is 27.3 Å². The van der Waals surface area contributed by atoms with Gasteiger partial charge < -0.3 is 14.8 Å². The number of fused-ring (bicyclic) bond motifs is 1. The van der Waals surface area contributed by atoms with Crippen LogP contribution in [0.25, 0.3) is 4.96 Å². The van der Waals surface area contributed by atoms with Gasteiger partial charge >= 0.3 is 5.97 Å². The molecule has 10 heteroatoms. The summed E-state index contributed by atoms with van der Waals surface area (Å²) in [6, 6.07) is 8.08. The largest absolute Gasteiger partial charge is 0.456 e. The Morgan fingerprint density at radius 2 is 2.00 bits per heavy atom. The number of carbonyl (C=O) groups is 2. The van der Waals surface area contributed by atoms with Crippen molar-refractivity contribution in [2.24, 2.45) is 5.92 Å². The van der Waals surface area contributed by atoms with Crippen molar-refractivity contribution in [3.63, 3.8) is 0 Å². The number of benzene rings is 1. The standard InChI is InChI=1S/C24H28N4O5S/c1-2-32-13-12-20-27-28-21(29)14-17(25-24(28)34-20)15-33-23(31)18-10-6-7-11-19(18)26-22(30)16-8-4-3-5-9-16/h6-7,10-11,14,16H,2-5,8-9,12-13,15H2,1H3,(H,26,30). The Kier molecular flexibility index (Phi) is 8.02. The molecule has 0 aliphatic heterocycles. The number of carbonyl (C=O) groups excluding carboxylic acids is 2. The minimum absolute atomic E-state index is 0.0282. The predicted molar refractivity (Wildman–Crippen MR) is 128 cm³/mol. The molecular formula is C24H28N4O5S. The van der Waals surface area contributed by atoms with Gasteiger partial charge in [0.2, 0.25) is 10.9 Å². The van der Waals surface area contributed by atoms with E-state index in [1.807, 2.05) is 6.92 Å². The van der Waals surface area contributed by atoms with Gasteiger partial charge in [-0.2, -0.15) is 9.61 Å². The van der Waals surface area contributed by atoms with Crippen molar-refractivity contribution in [1.29, 1.82) is 0 Å². The number of rotatable bonds is 9. The van der Waals surface area contributed by atoms with Gasteiger partial charge in [0.1, 0.15) is 11.6 Å². The molecule has 0 unspecified atom stereocenters. The van der Waals surface area contributed by atoms with Crippen LogP contribution >= 0.6 is 11.3 Å². The topological polar surface area (TPSA) is 112 Å². The Morgan fingerprint density at radius 1 is 1.21 bits per heavy atom. The maximum absolute atomic E-state index is 12.8. The summed E-state index contributed by atoms with van der Waals surface area (Å²) in [4.78, 5) is 42.7. The highest BCUT2D eigenvalue weighted by atomic mass is 32.1. The SMILES string of the molecule is CCOCCc1nn2c(=O)cc(COC(=O)c3ccccc3NC(=O)C3CCCCC3)nc2s1. The van der Waals surface area contributed by atoms with E-state index in [9.17, 15) is 14.4 Å². The van der Waals surface area contributed by atoms with Gasteiger partial charge in [0, 0.05) is 25.0 Å². The van der Waals surface area contributed by atoms with Crippen LogP contribution < -0.4 is 10.9 Å². The van der Waals surface area contributed by atoms with Crippen molar-refractivity contribution in [2.45, 2.75) is 52.1 Å². The molecule has 0 atom stereocenters. The van der Waals surface area contributed by atoms with Crippen LogP contribution in [0, 0.1) is 5.92 Å². The fraction of sp³-hybridized carbons (Fsp3) is 0.458. The number of amides is 1. The summed E-state index contributed by atoms with van der Waals surface area (Å²) in [5.41, 5.74) is 0.686. The van der Waals surface area contributed by atoms with Crippen molar-refractivity contribution in [3.8, 4) is 0 Å². The molecule has 1 fully saturated rings. The Hall–Kier alpha value is -3.11. The molecule has 1 N–H and O–H groups in total. The van der Waals surface area contributed by atoms with Crippen molar-refractivity contribution in [3.05, 3.63) is 57.0 Å². The van der Waals surface area contributed by atoms with Gasteiger partial charge in [0.15, 0.2) is 0 Å². The number of aromatic nitrogens is 3. The third-order valence-electron chi connectivity index (χ3n) is 5.74. The van der Waals surface area contributed by atoms with Crippen molar-refractivity contribution in [2.75, 3.05) is 18.5 Å². The molecule has 0 bridgehead atoms. The first-order valence-electron chi connectivity index (χ1n) is 11.6. The molecule has 1 saturated carbocycles. The third kappa shape index (κ3) is 5.87. The molecule has 9 nitrogen and oxygen atoms in total. The first-order chi connectivity index (χ1) is 16.5. The molecular weight excluding hydrogens is 456 g/mol. The molecule has 0 spiro atoms. The summed E-state index contributed by atoms with van der Waals surface area (Å²) in [6.45, 7) is 2.89. The van der Waals surface area contributed by atoms with Crippen LogP contribution in [0.4, 0.5) is 5.69 Å².